The summed E-state index contributed by atoms with van der Waals surface area (Å²) in [6.07, 6.45) is 0. The molecule has 0 aromatic heterocycles. The molecule has 3 heteroatoms. The second-order valence-electron chi connectivity index (χ2n) is 3.18. The van der Waals surface area contributed by atoms with Crippen LogP contribution in [0.4, 0.5) is 0 Å². The van der Waals surface area contributed by atoms with E-state index >= 15 is 0 Å². The Labute approximate surface area is 89.8 Å². The van der Waals surface area contributed by atoms with Gasteiger partial charge in [0.25, 0.3) is 0 Å². The molecule has 0 N–H and O–H groups in total. The molecule has 0 saturated heterocycles. The van der Waals surface area contributed by atoms with E-state index in [0.717, 1.165) is 16.9 Å². The lowest BCUT2D eigenvalue weighted by Gasteiger charge is -2.11. The summed E-state index contributed by atoms with van der Waals surface area (Å²) in [5, 5.41) is 0.695. The van der Waals surface area contributed by atoms with E-state index in [2.05, 4.69) is 0 Å². The summed E-state index contributed by atoms with van der Waals surface area (Å²) in [5.74, 6) is 0.767. The van der Waals surface area contributed by atoms with Crippen molar-refractivity contribution in [3.8, 4) is 5.75 Å². The highest BCUT2D eigenvalue weighted by Gasteiger charge is 2.07. The first-order valence-corrected chi connectivity index (χ1v) is 4.92. The third kappa shape index (κ3) is 2.63. The minimum atomic E-state index is 0.528. The molecule has 2 nitrogen and oxygen atoms in total. The smallest absolute Gasteiger partial charge is 0.141 e. The van der Waals surface area contributed by atoms with Gasteiger partial charge in [-0.1, -0.05) is 23.7 Å². The van der Waals surface area contributed by atoms with Crippen molar-refractivity contribution in [1.82, 2.24) is 0 Å². The van der Waals surface area contributed by atoms with Crippen LogP contribution >= 0.6 is 11.6 Å². The minimum absolute atomic E-state index is 0.528. The molecule has 78 valence electrons. The van der Waals surface area contributed by atoms with Gasteiger partial charge in [-0.2, -0.15) is 0 Å². The van der Waals surface area contributed by atoms with Gasteiger partial charge >= 0.3 is 0 Å². The van der Waals surface area contributed by atoms with Crippen molar-refractivity contribution in [1.29, 1.82) is 0 Å². The van der Waals surface area contributed by atoms with Gasteiger partial charge in [0.15, 0.2) is 0 Å². The molecule has 0 fully saturated rings. The maximum atomic E-state index is 6.11. The summed E-state index contributed by atoms with van der Waals surface area (Å²) in [5.41, 5.74) is 2.08. The molecule has 0 spiro atoms. The monoisotopic (exact) mass is 214 g/mol. The number of ether oxygens (including phenoxy) is 2. The van der Waals surface area contributed by atoms with Crippen molar-refractivity contribution >= 4 is 11.6 Å². The summed E-state index contributed by atoms with van der Waals surface area (Å²) in [6.45, 7) is 5.04. The highest BCUT2D eigenvalue weighted by Crippen LogP contribution is 2.31. The predicted octanol–water partition coefficient (Wildman–Crippen LogP) is 2.98. The van der Waals surface area contributed by atoms with Crippen molar-refractivity contribution < 1.29 is 9.47 Å². The Hall–Kier alpha value is -0.730. The van der Waals surface area contributed by atoms with E-state index in [-0.39, 0.29) is 0 Å². The molecule has 1 aromatic rings. The fourth-order valence-corrected chi connectivity index (χ4v) is 1.42. The standard InChI is InChI=1S/C11H15ClO2/c1-8-4-5-9(2)11(10(8)12)14-7-6-13-3/h4-5H,6-7H2,1-3H3. The van der Waals surface area contributed by atoms with Gasteiger partial charge in [0, 0.05) is 7.11 Å². The highest BCUT2D eigenvalue weighted by molar-refractivity contribution is 6.32. The predicted molar refractivity (Wildman–Crippen MR) is 58.3 cm³/mol. The Bertz CT molecular complexity index is 310. The van der Waals surface area contributed by atoms with E-state index in [1.807, 2.05) is 26.0 Å². The zero-order valence-corrected chi connectivity index (χ0v) is 9.52. The van der Waals surface area contributed by atoms with Crippen LogP contribution in [-0.4, -0.2) is 20.3 Å². The summed E-state index contributed by atoms with van der Waals surface area (Å²) in [4.78, 5) is 0. The first-order chi connectivity index (χ1) is 6.66. The second-order valence-corrected chi connectivity index (χ2v) is 3.56. The molecule has 14 heavy (non-hydrogen) atoms. The third-order valence-electron chi connectivity index (χ3n) is 2.02. The van der Waals surface area contributed by atoms with Crippen molar-refractivity contribution in [3.63, 3.8) is 0 Å². The Morgan fingerprint density at radius 1 is 1.14 bits per heavy atom. The topological polar surface area (TPSA) is 18.5 Å². The molecule has 0 heterocycles. The second kappa shape index (κ2) is 5.23. The lowest BCUT2D eigenvalue weighted by atomic mass is 10.1. The van der Waals surface area contributed by atoms with Gasteiger partial charge in [0.1, 0.15) is 12.4 Å². The molecule has 1 aromatic carbocycles. The zero-order valence-electron chi connectivity index (χ0n) is 8.76. The minimum Gasteiger partial charge on any atom is -0.489 e. The average molecular weight is 215 g/mol. The normalized spacial score (nSPS) is 10.3. The van der Waals surface area contributed by atoms with Crippen LogP contribution in [0.15, 0.2) is 12.1 Å². The van der Waals surface area contributed by atoms with Crippen LogP contribution < -0.4 is 4.74 Å². The molecule has 0 bridgehead atoms. The number of rotatable bonds is 4. The molecule has 0 saturated carbocycles. The van der Waals surface area contributed by atoms with Gasteiger partial charge in [-0.25, -0.2) is 0 Å². The van der Waals surface area contributed by atoms with Crippen LogP contribution in [0.3, 0.4) is 0 Å². The van der Waals surface area contributed by atoms with Crippen molar-refractivity contribution in [2.45, 2.75) is 13.8 Å². The maximum absolute atomic E-state index is 6.11. The van der Waals surface area contributed by atoms with Crippen LogP contribution in [-0.2, 0) is 4.74 Å². The first kappa shape index (κ1) is 11.3. The average Bonchev–Trinajstić information content (AvgIpc) is 2.18. The number of hydrogen-bond acceptors (Lipinski definition) is 2. The van der Waals surface area contributed by atoms with E-state index in [1.165, 1.54) is 0 Å². The van der Waals surface area contributed by atoms with E-state index in [0.29, 0.717) is 18.2 Å². The summed E-state index contributed by atoms with van der Waals surface area (Å²) in [7, 11) is 1.65. The molecular formula is C11H15ClO2. The number of benzene rings is 1. The molecule has 0 aliphatic carbocycles. The van der Waals surface area contributed by atoms with Crippen LogP contribution in [0, 0.1) is 13.8 Å². The zero-order chi connectivity index (χ0) is 10.6. The van der Waals surface area contributed by atoms with Crippen molar-refractivity contribution in [3.05, 3.63) is 28.3 Å². The number of methoxy groups -OCH3 is 1. The molecule has 0 amide bonds. The van der Waals surface area contributed by atoms with Crippen LogP contribution in [0.2, 0.25) is 5.02 Å². The molecule has 1 rings (SSSR count). The van der Waals surface area contributed by atoms with Crippen LogP contribution in [0.5, 0.6) is 5.75 Å². The van der Waals surface area contributed by atoms with Gasteiger partial charge in [-0.3, -0.25) is 0 Å². The van der Waals surface area contributed by atoms with Crippen LogP contribution in [0.25, 0.3) is 0 Å². The molecule has 0 radical (unpaired) electrons. The Balaban J connectivity index is 2.79. The van der Waals surface area contributed by atoms with E-state index in [1.54, 1.807) is 7.11 Å². The number of hydrogen-bond donors (Lipinski definition) is 0. The molecule has 0 atom stereocenters. The van der Waals surface area contributed by atoms with E-state index in [4.69, 9.17) is 21.1 Å². The number of halogens is 1. The fraction of sp³-hybridized carbons (Fsp3) is 0.455. The van der Waals surface area contributed by atoms with Gasteiger partial charge in [0.05, 0.1) is 11.6 Å². The lowest BCUT2D eigenvalue weighted by Crippen LogP contribution is -2.05. The number of aryl methyl sites for hydroxylation is 2. The third-order valence-corrected chi connectivity index (χ3v) is 2.49. The molecule has 0 aliphatic rings. The van der Waals surface area contributed by atoms with Gasteiger partial charge < -0.3 is 9.47 Å². The van der Waals surface area contributed by atoms with Gasteiger partial charge in [-0.05, 0) is 25.0 Å². The van der Waals surface area contributed by atoms with E-state index in [9.17, 15) is 0 Å². The van der Waals surface area contributed by atoms with Gasteiger partial charge in [0.2, 0.25) is 0 Å². The Morgan fingerprint density at radius 2 is 1.79 bits per heavy atom. The largest absolute Gasteiger partial charge is 0.489 e. The van der Waals surface area contributed by atoms with Crippen molar-refractivity contribution in [2.75, 3.05) is 20.3 Å². The molecule has 0 unspecified atom stereocenters. The fourth-order valence-electron chi connectivity index (χ4n) is 1.16. The lowest BCUT2D eigenvalue weighted by molar-refractivity contribution is 0.146. The van der Waals surface area contributed by atoms with Crippen molar-refractivity contribution in [2.24, 2.45) is 0 Å². The molecule has 0 aliphatic heterocycles. The Kier molecular flexibility index (Phi) is 4.23. The maximum Gasteiger partial charge on any atom is 0.141 e. The summed E-state index contributed by atoms with van der Waals surface area (Å²) >= 11 is 6.11. The summed E-state index contributed by atoms with van der Waals surface area (Å²) in [6, 6.07) is 3.99. The summed E-state index contributed by atoms with van der Waals surface area (Å²) < 4.78 is 10.4. The highest BCUT2D eigenvalue weighted by atomic mass is 35.5. The quantitative estimate of drug-likeness (QED) is 0.718. The van der Waals surface area contributed by atoms with Gasteiger partial charge in [-0.15, -0.1) is 0 Å². The van der Waals surface area contributed by atoms with E-state index < -0.39 is 0 Å². The SMILES string of the molecule is COCCOc1c(C)ccc(C)c1Cl. The van der Waals surface area contributed by atoms with Crippen LogP contribution in [0.1, 0.15) is 11.1 Å². The molecular weight excluding hydrogens is 200 g/mol. The Morgan fingerprint density at radius 3 is 2.43 bits per heavy atom. The first-order valence-electron chi connectivity index (χ1n) is 4.54.